The number of anilines is 1. The van der Waals surface area contributed by atoms with Gasteiger partial charge in [0.25, 0.3) is 0 Å². The zero-order valence-corrected chi connectivity index (χ0v) is 23.5. The number of aromatic nitrogens is 2. The van der Waals surface area contributed by atoms with E-state index < -0.39 is 5.82 Å². The molecule has 10 heteroatoms. The van der Waals surface area contributed by atoms with Gasteiger partial charge in [-0.1, -0.05) is 35.9 Å². The Labute approximate surface area is 243 Å². The third-order valence-corrected chi connectivity index (χ3v) is 8.73. The van der Waals surface area contributed by atoms with Gasteiger partial charge in [-0.3, -0.25) is 4.90 Å². The first-order valence-corrected chi connectivity index (χ1v) is 14.8. The first-order chi connectivity index (χ1) is 20.0. The Balaban J connectivity index is 1.29. The van der Waals surface area contributed by atoms with E-state index in [0.717, 1.165) is 76.0 Å². The minimum Gasteiger partial charge on any atom is -0.508 e. The molecule has 2 atom stereocenters. The van der Waals surface area contributed by atoms with Crippen LogP contribution in [0.1, 0.15) is 19.3 Å². The molecule has 3 aliphatic heterocycles. The van der Waals surface area contributed by atoms with Crippen molar-refractivity contribution in [3.05, 3.63) is 53.3 Å². The summed E-state index contributed by atoms with van der Waals surface area (Å²) in [6.07, 6.45) is 3.02. The minimum absolute atomic E-state index is 0.0400. The first-order valence-electron chi connectivity index (χ1n) is 14.4. The predicted octanol–water partition coefficient (Wildman–Crippen LogP) is 4.99. The van der Waals surface area contributed by atoms with Gasteiger partial charge in [0.05, 0.1) is 24.8 Å². The number of morpholine rings is 1. The second-order valence-corrected chi connectivity index (χ2v) is 11.6. The van der Waals surface area contributed by atoms with Crippen molar-refractivity contribution in [1.29, 1.82) is 0 Å². The van der Waals surface area contributed by atoms with E-state index in [0.29, 0.717) is 35.5 Å². The molecule has 41 heavy (non-hydrogen) atoms. The molecule has 0 amide bonds. The number of halogens is 2. The van der Waals surface area contributed by atoms with Crippen LogP contribution in [0.25, 0.3) is 32.8 Å². The predicted molar refractivity (Wildman–Crippen MR) is 159 cm³/mol. The molecule has 2 unspecified atom stereocenters. The highest BCUT2D eigenvalue weighted by molar-refractivity contribution is 6.35. The van der Waals surface area contributed by atoms with Gasteiger partial charge in [-0.2, -0.15) is 9.97 Å². The van der Waals surface area contributed by atoms with Gasteiger partial charge in [0, 0.05) is 55.8 Å². The van der Waals surface area contributed by atoms with E-state index in [1.165, 1.54) is 0 Å². The number of nitrogens with zero attached hydrogens (tertiary/aromatic N) is 4. The van der Waals surface area contributed by atoms with E-state index in [1.54, 1.807) is 18.2 Å². The first kappa shape index (κ1) is 26.6. The van der Waals surface area contributed by atoms with Crippen LogP contribution in [-0.4, -0.2) is 84.6 Å². The minimum atomic E-state index is -0.553. The normalized spacial score (nSPS) is 21.2. The van der Waals surface area contributed by atoms with Gasteiger partial charge in [-0.25, -0.2) is 4.39 Å². The molecular formula is C31H33ClFN5O3. The fourth-order valence-corrected chi connectivity index (χ4v) is 6.75. The molecule has 0 saturated carbocycles. The zero-order chi connectivity index (χ0) is 27.9. The molecule has 0 aliphatic carbocycles. The zero-order valence-electron chi connectivity index (χ0n) is 22.8. The average molecular weight is 578 g/mol. The summed E-state index contributed by atoms with van der Waals surface area (Å²) in [5.41, 5.74) is 0.879. The number of benzene rings is 3. The van der Waals surface area contributed by atoms with E-state index in [9.17, 15) is 5.11 Å². The second-order valence-electron chi connectivity index (χ2n) is 11.2. The van der Waals surface area contributed by atoms with Crippen molar-refractivity contribution in [3.63, 3.8) is 0 Å². The van der Waals surface area contributed by atoms with Gasteiger partial charge in [0.1, 0.15) is 17.1 Å². The Bertz CT molecular complexity index is 1590. The third-order valence-electron chi connectivity index (χ3n) is 8.43. The van der Waals surface area contributed by atoms with E-state index in [1.807, 2.05) is 24.3 Å². The number of phenols is 1. The van der Waals surface area contributed by atoms with E-state index >= 15 is 4.39 Å². The lowest BCUT2D eigenvalue weighted by Crippen LogP contribution is -2.51. The van der Waals surface area contributed by atoms with Crippen molar-refractivity contribution < 1.29 is 19.0 Å². The summed E-state index contributed by atoms with van der Waals surface area (Å²) in [7, 11) is 0. The summed E-state index contributed by atoms with van der Waals surface area (Å²) < 4.78 is 28.1. The molecule has 7 rings (SSSR count). The van der Waals surface area contributed by atoms with Gasteiger partial charge < -0.3 is 24.8 Å². The molecule has 8 nitrogen and oxygen atoms in total. The SMILES string of the molecule is Oc1cc(-c2c(Cl)cc3c(N4CC5CCC(C4)N5)nc(OCCCN4CCOCC4)nc3c2F)c2ccccc2c1. The highest BCUT2D eigenvalue weighted by Crippen LogP contribution is 2.42. The van der Waals surface area contributed by atoms with Crippen LogP contribution in [0, 0.1) is 5.82 Å². The molecule has 3 aromatic carbocycles. The smallest absolute Gasteiger partial charge is 0.319 e. The Morgan fingerprint density at radius 3 is 2.63 bits per heavy atom. The lowest BCUT2D eigenvalue weighted by Gasteiger charge is -2.34. The molecule has 0 radical (unpaired) electrons. The molecule has 3 aliphatic rings. The third kappa shape index (κ3) is 5.28. The molecule has 2 bridgehead atoms. The quantitative estimate of drug-likeness (QED) is 0.297. The maximum absolute atomic E-state index is 16.6. The fraction of sp³-hybridized carbons (Fsp3) is 0.419. The van der Waals surface area contributed by atoms with Crippen LogP contribution < -0.4 is 15.0 Å². The van der Waals surface area contributed by atoms with Crippen LogP contribution in [0.15, 0.2) is 42.5 Å². The number of aromatic hydroxyl groups is 1. The van der Waals surface area contributed by atoms with E-state index in [-0.39, 0.29) is 27.9 Å². The maximum Gasteiger partial charge on any atom is 0.319 e. The van der Waals surface area contributed by atoms with Crippen LogP contribution in [0.4, 0.5) is 10.2 Å². The standard InChI is InChI=1S/C31H33ClFN5O3/c32-26-16-25-29(28(33)27(26)24-15-22(39)14-19-4-1-2-5-23(19)24)35-31(41-11-3-8-37-9-12-40-13-10-37)36-30(25)38-17-20-6-7-21(18-38)34-20/h1-2,4-5,14-16,20-21,34,39H,3,6-13,17-18H2. The second kappa shape index (κ2) is 11.2. The van der Waals surface area contributed by atoms with Crippen molar-refractivity contribution in [2.24, 2.45) is 0 Å². The number of hydrogen-bond acceptors (Lipinski definition) is 8. The Hall–Kier alpha value is -3.24. The number of rotatable bonds is 7. The van der Waals surface area contributed by atoms with Gasteiger partial charge in [0.2, 0.25) is 0 Å². The van der Waals surface area contributed by atoms with E-state index in [2.05, 4.69) is 20.1 Å². The van der Waals surface area contributed by atoms with Crippen molar-refractivity contribution >= 4 is 39.1 Å². The van der Waals surface area contributed by atoms with Crippen LogP contribution in [-0.2, 0) is 4.74 Å². The van der Waals surface area contributed by atoms with Gasteiger partial charge in [-0.05, 0) is 53.8 Å². The molecule has 214 valence electrons. The fourth-order valence-electron chi connectivity index (χ4n) is 6.46. The summed E-state index contributed by atoms with van der Waals surface area (Å²) in [5, 5.41) is 16.5. The average Bonchev–Trinajstić information content (AvgIpc) is 3.32. The van der Waals surface area contributed by atoms with E-state index in [4.69, 9.17) is 26.1 Å². The number of hydrogen-bond donors (Lipinski definition) is 2. The highest BCUT2D eigenvalue weighted by Gasteiger charge is 2.34. The van der Waals surface area contributed by atoms with Crippen molar-refractivity contribution in [1.82, 2.24) is 20.2 Å². The molecule has 2 N–H and O–H groups in total. The number of fused-ring (bicyclic) bond motifs is 4. The summed E-state index contributed by atoms with van der Waals surface area (Å²) in [5.74, 6) is 0.131. The topological polar surface area (TPSA) is 83.0 Å². The Kier molecular flexibility index (Phi) is 7.28. The molecule has 3 fully saturated rings. The van der Waals surface area contributed by atoms with Crippen LogP contribution >= 0.6 is 11.6 Å². The number of nitrogens with one attached hydrogen (secondary N) is 1. The van der Waals surface area contributed by atoms with Crippen LogP contribution in [0.5, 0.6) is 11.8 Å². The molecule has 1 aromatic heterocycles. The highest BCUT2D eigenvalue weighted by atomic mass is 35.5. The monoisotopic (exact) mass is 577 g/mol. The lowest BCUT2D eigenvalue weighted by atomic mass is 9.96. The number of phenolic OH excluding ortho intramolecular Hbond substituents is 1. The van der Waals surface area contributed by atoms with Gasteiger partial charge in [0.15, 0.2) is 5.82 Å². The van der Waals surface area contributed by atoms with Crippen LogP contribution in [0.2, 0.25) is 5.02 Å². The molecular weight excluding hydrogens is 545 g/mol. The van der Waals surface area contributed by atoms with Gasteiger partial charge >= 0.3 is 6.01 Å². The Morgan fingerprint density at radius 2 is 1.83 bits per heavy atom. The number of ether oxygens (including phenoxy) is 2. The largest absolute Gasteiger partial charge is 0.508 e. The number of piperazine rings is 1. The molecule has 0 spiro atoms. The van der Waals surface area contributed by atoms with Crippen LogP contribution in [0.3, 0.4) is 0 Å². The summed E-state index contributed by atoms with van der Waals surface area (Å²) in [6.45, 7) is 6.21. The van der Waals surface area contributed by atoms with Crippen molar-refractivity contribution in [2.45, 2.75) is 31.3 Å². The molecule has 4 heterocycles. The maximum atomic E-state index is 16.6. The lowest BCUT2D eigenvalue weighted by molar-refractivity contribution is 0.0356. The Morgan fingerprint density at radius 1 is 1.05 bits per heavy atom. The molecule has 4 aromatic rings. The van der Waals surface area contributed by atoms with Gasteiger partial charge in [-0.15, -0.1) is 0 Å². The van der Waals surface area contributed by atoms with Crippen molar-refractivity contribution in [2.75, 3.05) is 57.4 Å². The molecule has 3 saturated heterocycles. The van der Waals surface area contributed by atoms with Crippen molar-refractivity contribution in [3.8, 4) is 22.9 Å². The summed E-state index contributed by atoms with van der Waals surface area (Å²) in [6, 6.07) is 13.4. The summed E-state index contributed by atoms with van der Waals surface area (Å²) in [4.78, 5) is 14.0. The summed E-state index contributed by atoms with van der Waals surface area (Å²) >= 11 is 6.84.